The van der Waals surface area contributed by atoms with E-state index >= 15 is 0 Å². The van der Waals surface area contributed by atoms with Gasteiger partial charge in [-0.2, -0.15) is 0 Å². The fourth-order valence-electron chi connectivity index (χ4n) is 0.953. The second kappa shape index (κ2) is 4.65. The normalized spacial score (nSPS) is 9.87. The molecule has 4 nitrogen and oxygen atoms in total. The molecule has 0 unspecified atom stereocenters. The van der Waals surface area contributed by atoms with Crippen molar-refractivity contribution in [3.05, 3.63) is 42.4 Å². The van der Waals surface area contributed by atoms with Crippen LogP contribution in [-0.2, 0) is 0 Å². The number of aromatic nitrogens is 3. The first-order valence-electron chi connectivity index (χ1n) is 4.24. The smallest absolute Gasteiger partial charge is 0.193 e. The molecule has 0 aliphatic rings. The van der Waals surface area contributed by atoms with Crippen molar-refractivity contribution in [1.29, 1.82) is 0 Å². The molecule has 0 bridgehead atoms. The van der Waals surface area contributed by atoms with Gasteiger partial charge in [0.2, 0.25) is 0 Å². The third-order valence-corrected chi connectivity index (χ3v) is 2.48. The van der Waals surface area contributed by atoms with Gasteiger partial charge in [-0.25, -0.2) is 15.0 Å². The van der Waals surface area contributed by atoms with E-state index < -0.39 is 0 Å². The first kappa shape index (κ1) is 9.79. The molecular formula is C10H7N3OS. The Kier molecular flexibility index (Phi) is 3.04. The van der Waals surface area contributed by atoms with E-state index in [1.807, 2.05) is 0 Å². The molecule has 0 saturated heterocycles. The number of hydrogen-bond acceptors (Lipinski definition) is 5. The highest BCUT2D eigenvalue weighted by molar-refractivity contribution is 7.99. The van der Waals surface area contributed by atoms with E-state index in [0.29, 0.717) is 10.7 Å². The molecule has 5 heteroatoms. The Morgan fingerprint density at radius 2 is 1.93 bits per heavy atom. The van der Waals surface area contributed by atoms with Gasteiger partial charge in [-0.3, -0.25) is 4.79 Å². The van der Waals surface area contributed by atoms with Gasteiger partial charge in [0.25, 0.3) is 0 Å². The maximum atomic E-state index is 10.4. The monoisotopic (exact) mass is 217 g/mol. The summed E-state index contributed by atoms with van der Waals surface area (Å²) in [4.78, 5) is 22.6. The maximum absolute atomic E-state index is 10.4. The molecule has 2 aromatic rings. The van der Waals surface area contributed by atoms with Crippen molar-refractivity contribution < 1.29 is 4.79 Å². The predicted octanol–water partition coefficient (Wildman–Crippen LogP) is 1.84. The Balaban J connectivity index is 2.15. The number of carbonyl (C=O) groups is 1. The van der Waals surface area contributed by atoms with Crippen molar-refractivity contribution in [3.8, 4) is 0 Å². The Hall–Kier alpha value is -1.75. The molecule has 0 atom stereocenters. The van der Waals surface area contributed by atoms with E-state index in [4.69, 9.17) is 0 Å². The molecule has 2 aromatic heterocycles. The van der Waals surface area contributed by atoms with E-state index in [1.165, 1.54) is 18.0 Å². The largest absolute Gasteiger partial charge is 0.298 e. The number of carbonyl (C=O) groups excluding carboxylic acids is 1. The standard InChI is InChI=1S/C10H7N3OS/c14-7-8-2-3-9(13-6-8)15-10-11-4-1-5-12-10/h1-7H. The highest BCUT2D eigenvalue weighted by Crippen LogP contribution is 2.21. The zero-order valence-electron chi connectivity index (χ0n) is 7.70. The molecule has 74 valence electrons. The molecule has 2 rings (SSSR count). The van der Waals surface area contributed by atoms with Crippen LogP contribution in [0.1, 0.15) is 10.4 Å². The summed E-state index contributed by atoms with van der Waals surface area (Å²) in [7, 11) is 0. The molecule has 0 spiro atoms. The van der Waals surface area contributed by atoms with E-state index in [9.17, 15) is 4.79 Å². The number of pyridine rings is 1. The summed E-state index contributed by atoms with van der Waals surface area (Å²) in [5.41, 5.74) is 0.563. The Bertz CT molecular complexity index is 444. The summed E-state index contributed by atoms with van der Waals surface area (Å²) in [6.45, 7) is 0. The highest BCUT2D eigenvalue weighted by atomic mass is 32.2. The summed E-state index contributed by atoms with van der Waals surface area (Å²) in [5, 5.41) is 1.41. The Labute approximate surface area is 90.8 Å². The van der Waals surface area contributed by atoms with Gasteiger partial charge in [-0.1, -0.05) is 0 Å². The molecule has 0 aliphatic carbocycles. The van der Waals surface area contributed by atoms with Crippen LogP contribution < -0.4 is 0 Å². The van der Waals surface area contributed by atoms with Crippen LogP contribution in [0.5, 0.6) is 0 Å². The van der Waals surface area contributed by atoms with Crippen LogP contribution in [0.3, 0.4) is 0 Å². The molecule has 0 N–H and O–H groups in total. The van der Waals surface area contributed by atoms with Crippen molar-refractivity contribution in [3.63, 3.8) is 0 Å². The quantitative estimate of drug-likeness (QED) is 0.580. The average Bonchev–Trinajstić information content (AvgIpc) is 2.31. The second-order valence-electron chi connectivity index (χ2n) is 2.68. The molecule has 0 aliphatic heterocycles. The Morgan fingerprint density at radius 3 is 2.53 bits per heavy atom. The van der Waals surface area contributed by atoms with Crippen LogP contribution in [0.4, 0.5) is 0 Å². The van der Waals surface area contributed by atoms with Crippen molar-refractivity contribution >= 4 is 18.0 Å². The minimum atomic E-state index is 0.563. The van der Waals surface area contributed by atoms with Gasteiger partial charge in [0.15, 0.2) is 11.4 Å². The van der Waals surface area contributed by atoms with Gasteiger partial charge in [0.1, 0.15) is 5.03 Å². The van der Waals surface area contributed by atoms with E-state index in [1.54, 1.807) is 30.6 Å². The van der Waals surface area contributed by atoms with Crippen LogP contribution in [0, 0.1) is 0 Å². The van der Waals surface area contributed by atoms with E-state index in [2.05, 4.69) is 15.0 Å². The third kappa shape index (κ3) is 2.60. The minimum absolute atomic E-state index is 0.563. The molecule has 0 fully saturated rings. The third-order valence-electron chi connectivity index (χ3n) is 1.63. The average molecular weight is 217 g/mol. The minimum Gasteiger partial charge on any atom is -0.298 e. The molecule has 0 aromatic carbocycles. The number of hydrogen-bond donors (Lipinski definition) is 0. The lowest BCUT2D eigenvalue weighted by atomic mass is 10.3. The number of aldehydes is 1. The van der Waals surface area contributed by atoms with Crippen molar-refractivity contribution in [2.75, 3.05) is 0 Å². The zero-order valence-corrected chi connectivity index (χ0v) is 8.52. The van der Waals surface area contributed by atoms with Crippen LogP contribution in [-0.4, -0.2) is 21.2 Å². The molecular weight excluding hydrogens is 210 g/mol. The second-order valence-corrected chi connectivity index (χ2v) is 3.67. The SMILES string of the molecule is O=Cc1ccc(Sc2ncccn2)nc1. The summed E-state index contributed by atoms with van der Waals surface area (Å²) < 4.78 is 0. The lowest BCUT2D eigenvalue weighted by Crippen LogP contribution is -1.87. The highest BCUT2D eigenvalue weighted by Gasteiger charge is 2.00. The van der Waals surface area contributed by atoms with Gasteiger partial charge < -0.3 is 0 Å². The van der Waals surface area contributed by atoms with E-state index in [-0.39, 0.29) is 0 Å². The fraction of sp³-hybridized carbons (Fsp3) is 0. The lowest BCUT2D eigenvalue weighted by molar-refractivity contribution is 0.112. The topological polar surface area (TPSA) is 55.7 Å². The summed E-state index contributed by atoms with van der Waals surface area (Å²) >= 11 is 1.36. The molecule has 15 heavy (non-hydrogen) atoms. The first-order chi connectivity index (χ1) is 7.38. The molecule has 0 amide bonds. The van der Waals surface area contributed by atoms with Crippen molar-refractivity contribution in [1.82, 2.24) is 15.0 Å². The summed E-state index contributed by atoms with van der Waals surface area (Å²) in [6.07, 6.45) is 5.64. The summed E-state index contributed by atoms with van der Waals surface area (Å²) in [6, 6.07) is 5.24. The first-order valence-corrected chi connectivity index (χ1v) is 5.06. The lowest BCUT2D eigenvalue weighted by Gasteiger charge is -1.97. The van der Waals surface area contributed by atoms with Gasteiger partial charge in [0, 0.05) is 24.2 Å². The van der Waals surface area contributed by atoms with Gasteiger partial charge in [-0.05, 0) is 30.0 Å². The number of rotatable bonds is 3. The molecule has 0 radical (unpaired) electrons. The maximum Gasteiger partial charge on any atom is 0.193 e. The van der Waals surface area contributed by atoms with Gasteiger partial charge in [0.05, 0.1) is 0 Å². The Morgan fingerprint density at radius 1 is 1.13 bits per heavy atom. The molecule has 0 saturated carbocycles. The van der Waals surface area contributed by atoms with Crippen LogP contribution in [0.25, 0.3) is 0 Å². The van der Waals surface area contributed by atoms with Crippen LogP contribution in [0.2, 0.25) is 0 Å². The van der Waals surface area contributed by atoms with Crippen LogP contribution >= 0.6 is 11.8 Å². The van der Waals surface area contributed by atoms with Crippen molar-refractivity contribution in [2.45, 2.75) is 10.2 Å². The fourth-order valence-corrected chi connectivity index (χ4v) is 1.61. The van der Waals surface area contributed by atoms with Gasteiger partial charge in [-0.15, -0.1) is 0 Å². The van der Waals surface area contributed by atoms with Gasteiger partial charge >= 0.3 is 0 Å². The van der Waals surface area contributed by atoms with Crippen molar-refractivity contribution in [2.24, 2.45) is 0 Å². The van der Waals surface area contributed by atoms with E-state index in [0.717, 1.165) is 11.3 Å². The zero-order chi connectivity index (χ0) is 10.5. The summed E-state index contributed by atoms with van der Waals surface area (Å²) in [5.74, 6) is 0. The molecule has 2 heterocycles. The predicted molar refractivity (Wildman–Crippen MR) is 55.8 cm³/mol. The van der Waals surface area contributed by atoms with Crippen LogP contribution in [0.15, 0.2) is 47.0 Å². The number of nitrogens with zero attached hydrogens (tertiary/aromatic N) is 3.